The van der Waals surface area contributed by atoms with Crippen molar-refractivity contribution in [3.63, 3.8) is 0 Å². The van der Waals surface area contributed by atoms with Gasteiger partial charge in [-0.2, -0.15) is 0 Å². The first-order valence-electron chi connectivity index (χ1n) is 15.0. The highest BCUT2D eigenvalue weighted by Gasteiger charge is 2.54. The van der Waals surface area contributed by atoms with Crippen LogP contribution in [0, 0.1) is 0 Å². The van der Waals surface area contributed by atoms with Gasteiger partial charge >= 0.3 is 0 Å². The van der Waals surface area contributed by atoms with Crippen molar-refractivity contribution in [2.45, 2.75) is 30.9 Å². The van der Waals surface area contributed by atoms with Gasteiger partial charge in [0.1, 0.15) is 11.5 Å². The smallest absolute Gasteiger partial charge is 0.266 e. The summed E-state index contributed by atoms with van der Waals surface area (Å²) in [4.78, 5) is 22.4. The number of aliphatic hydroxyl groups excluding tert-OH is 1. The van der Waals surface area contributed by atoms with Crippen molar-refractivity contribution >= 4 is 17.5 Å². The van der Waals surface area contributed by atoms with Crippen molar-refractivity contribution in [1.29, 1.82) is 0 Å². The summed E-state index contributed by atoms with van der Waals surface area (Å²) >= 11 is 0. The Labute approximate surface area is 267 Å². The first kappa shape index (κ1) is 32.1. The number of benzene rings is 4. The molecule has 0 aromatic heterocycles. The predicted octanol–water partition coefficient (Wildman–Crippen LogP) is 5.76. The fourth-order valence-electron chi connectivity index (χ4n) is 5.37. The first-order chi connectivity index (χ1) is 22.6. The standard InChI is InChI=1S/C35H36N6O5/c1-44-31-15-8-5-12-26(31)20-21-37-40-34(43)35(24-25-10-3-2-4-11-25)32(29-13-6-7-14-30(29)39-41-36)46-33(38-35)27-16-18-28(19-17-27)45-23-9-22-42/h2-8,10-19,32,37,42H,9,20-24H2,1H3,(H,40,43)/t32-,35-/m0/s1. The number of hydrazine groups is 1. The fourth-order valence-corrected chi connectivity index (χ4v) is 5.37. The van der Waals surface area contributed by atoms with E-state index in [0.717, 1.165) is 16.9 Å². The SMILES string of the molecule is COc1ccccc1CCNNC(=O)[C@@]1(Cc2ccccc2)N=C(c2ccc(OCCCO)cc2)O[C@H]1c1ccccc1N=[N+]=[N-]. The molecule has 46 heavy (non-hydrogen) atoms. The minimum Gasteiger partial charge on any atom is -0.496 e. The number of aliphatic hydroxyl groups is 1. The highest BCUT2D eigenvalue weighted by atomic mass is 16.5. The lowest BCUT2D eigenvalue weighted by molar-refractivity contribution is -0.130. The van der Waals surface area contributed by atoms with Gasteiger partial charge in [0.2, 0.25) is 5.90 Å². The zero-order chi connectivity index (χ0) is 32.2. The number of para-hydroxylation sites is 1. The van der Waals surface area contributed by atoms with Crippen LogP contribution in [0.5, 0.6) is 11.5 Å². The van der Waals surface area contributed by atoms with Crippen molar-refractivity contribution in [3.05, 3.63) is 136 Å². The Kier molecular flexibility index (Phi) is 10.9. The van der Waals surface area contributed by atoms with E-state index in [1.165, 1.54) is 0 Å². The second-order valence-electron chi connectivity index (χ2n) is 10.6. The van der Waals surface area contributed by atoms with Crippen LogP contribution in [0.15, 0.2) is 113 Å². The topological polar surface area (TPSA) is 150 Å². The number of methoxy groups -OCH3 is 1. The van der Waals surface area contributed by atoms with E-state index in [9.17, 15) is 10.3 Å². The van der Waals surface area contributed by atoms with Crippen molar-refractivity contribution < 1.29 is 24.1 Å². The number of nitrogens with zero attached hydrogens (tertiary/aromatic N) is 4. The third-order valence-corrected chi connectivity index (χ3v) is 7.63. The summed E-state index contributed by atoms with van der Waals surface area (Å²) in [6, 6.07) is 31.6. The van der Waals surface area contributed by atoms with E-state index in [1.807, 2.05) is 72.8 Å². The highest BCUT2D eigenvalue weighted by molar-refractivity contribution is 6.01. The molecule has 0 saturated heterocycles. The molecule has 0 spiro atoms. The number of aliphatic imine (C=N–C) groups is 1. The lowest BCUT2D eigenvalue weighted by atomic mass is 9.81. The van der Waals surface area contributed by atoms with E-state index >= 15 is 0 Å². The molecule has 0 radical (unpaired) electrons. The molecule has 0 fully saturated rings. The van der Waals surface area contributed by atoms with Gasteiger partial charge in [0.05, 0.1) is 13.7 Å². The van der Waals surface area contributed by atoms with Gasteiger partial charge in [0.15, 0.2) is 11.6 Å². The Hall–Kier alpha value is -5.35. The zero-order valence-corrected chi connectivity index (χ0v) is 25.5. The molecule has 3 N–H and O–H groups in total. The summed E-state index contributed by atoms with van der Waals surface area (Å²) in [5.41, 5.74) is 17.2. The molecule has 0 bridgehead atoms. The number of nitrogens with one attached hydrogen (secondary N) is 2. The van der Waals surface area contributed by atoms with Crippen LogP contribution in [0.2, 0.25) is 0 Å². The van der Waals surface area contributed by atoms with E-state index < -0.39 is 17.6 Å². The first-order valence-corrected chi connectivity index (χ1v) is 15.0. The number of carbonyl (C=O) groups is 1. The minimum atomic E-state index is -1.48. The number of ether oxygens (including phenoxy) is 3. The number of hydrogen-bond donors (Lipinski definition) is 3. The normalized spacial score (nSPS) is 16.9. The molecule has 11 heteroatoms. The Morgan fingerprint density at radius 1 is 1.02 bits per heavy atom. The van der Waals surface area contributed by atoms with Crippen molar-refractivity contribution in [1.82, 2.24) is 10.9 Å². The third kappa shape index (κ3) is 7.47. The van der Waals surface area contributed by atoms with Gasteiger partial charge in [0, 0.05) is 47.7 Å². The quantitative estimate of drug-likeness (QED) is 0.0506. The van der Waals surface area contributed by atoms with Crippen molar-refractivity contribution in [3.8, 4) is 11.5 Å². The Morgan fingerprint density at radius 2 is 1.76 bits per heavy atom. The van der Waals surface area contributed by atoms with Crippen LogP contribution in [-0.4, -0.2) is 49.3 Å². The number of hydrogen-bond acceptors (Lipinski definition) is 8. The summed E-state index contributed by atoms with van der Waals surface area (Å²) in [7, 11) is 1.63. The second-order valence-corrected chi connectivity index (χ2v) is 10.6. The van der Waals surface area contributed by atoms with Crippen LogP contribution in [0.25, 0.3) is 10.4 Å². The maximum absolute atomic E-state index is 14.4. The number of carbonyl (C=O) groups excluding carboxylic acids is 1. The van der Waals surface area contributed by atoms with E-state index in [0.29, 0.717) is 48.6 Å². The van der Waals surface area contributed by atoms with E-state index in [2.05, 4.69) is 20.9 Å². The molecule has 11 nitrogen and oxygen atoms in total. The van der Waals surface area contributed by atoms with Gasteiger partial charge in [-0.1, -0.05) is 77.9 Å². The van der Waals surface area contributed by atoms with Gasteiger partial charge < -0.3 is 19.3 Å². The number of azide groups is 1. The molecule has 4 aromatic carbocycles. The molecule has 1 aliphatic rings. The molecule has 1 aliphatic heterocycles. The van der Waals surface area contributed by atoms with Crippen LogP contribution in [0.4, 0.5) is 5.69 Å². The largest absolute Gasteiger partial charge is 0.496 e. The van der Waals surface area contributed by atoms with Crippen LogP contribution < -0.4 is 20.3 Å². The lowest BCUT2D eigenvalue weighted by Gasteiger charge is -2.31. The second kappa shape index (κ2) is 15.6. The zero-order valence-electron chi connectivity index (χ0n) is 25.5. The van der Waals surface area contributed by atoms with Gasteiger partial charge in [0.25, 0.3) is 5.91 Å². The number of amides is 1. The maximum Gasteiger partial charge on any atom is 0.266 e. The summed E-state index contributed by atoms with van der Waals surface area (Å²) < 4.78 is 17.7. The third-order valence-electron chi connectivity index (χ3n) is 7.63. The van der Waals surface area contributed by atoms with Crippen LogP contribution in [-0.2, 0) is 22.4 Å². The highest BCUT2D eigenvalue weighted by Crippen LogP contribution is 2.45. The predicted molar refractivity (Wildman–Crippen MR) is 175 cm³/mol. The molecule has 1 amide bonds. The fraction of sp³-hybridized carbons (Fsp3) is 0.257. The van der Waals surface area contributed by atoms with E-state index in [-0.39, 0.29) is 18.9 Å². The van der Waals surface area contributed by atoms with Gasteiger partial charge in [-0.25, -0.2) is 10.4 Å². The molecule has 0 aliphatic carbocycles. The molecule has 4 aromatic rings. The van der Waals surface area contributed by atoms with E-state index in [4.69, 9.17) is 24.3 Å². The molecule has 2 atom stereocenters. The maximum atomic E-state index is 14.4. The van der Waals surface area contributed by atoms with Crippen LogP contribution in [0.3, 0.4) is 0 Å². The van der Waals surface area contributed by atoms with Crippen molar-refractivity contribution in [2.75, 3.05) is 26.9 Å². The molecular weight excluding hydrogens is 584 g/mol. The molecule has 0 saturated carbocycles. The van der Waals surface area contributed by atoms with E-state index in [1.54, 1.807) is 37.4 Å². The van der Waals surface area contributed by atoms with Gasteiger partial charge in [-0.15, -0.1) is 0 Å². The Balaban J connectivity index is 1.50. The Bertz CT molecular complexity index is 1690. The summed E-state index contributed by atoms with van der Waals surface area (Å²) in [5.74, 6) is 1.27. The van der Waals surface area contributed by atoms with Crippen LogP contribution in [0.1, 0.15) is 34.8 Å². The summed E-state index contributed by atoms with van der Waals surface area (Å²) in [6.07, 6.45) is 0.403. The lowest BCUT2D eigenvalue weighted by Crippen LogP contribution is -2.54. The Morgan fingerprint density at radius 3 is 2.52 bits per heavy atom. The van der Waals surface area contributed by atoms with Gasteiger partial charge in [-0.05, 0) is 53.4 Å². The molecular formula is C35H36N6O5. The average molecular weight is 621 g/mol. The average Bonchev–Trinajstić information content (AvgIpc) is 3.48. The molecule has 236 valence electrons. The van der Waals surface area contributed by atoms with Crippen molar-refractivity contribution in [2.24, 2.45) is 10.1 Å². The molecule has 5 rings (SSSR count). The monoisotopic (exact) mass is 620 g/mol. The summed E-state index contributed by atoms with van der Waals surface area (Å²) in [6.45, 7) is 0.862. The number of rotatable bonds is 15. The molecule has 0 unspecified atom stereocenters. The van der Waals surface area contributed by atoms with Gasteiger partial charge in [-0.3, -0.25) is 10.2 Å². The van der Waals surface area contributed by atoms with Crippen LogP contribution >= 0.6 is 0 Å². The summed E-state index contributed by atoms with van der Waals surface area (Å²) in [5, 5.41) is 13.0. The molecule has 1 heterocycles. The minimum absolute atomic E-state index is 0.0440.